The van der Waals surface area contributed by atoms with E-state index in [1.54, 1.807) is 24.3 Å². The minimum absolute atomic E-state index is 0.0842. The molecule has 0 atom stereocenters. The summed E-state index contributed by atoms with van der Waals surface area (Å²) < 4.78 is 30.3. The Balaban J connectivity index is 1.85. The van der Waals surface area contributed by atoms with E-state index in [1.165, 1.54) is 24.3 Å². The molecule has 150 valence electrons. The molecule has 0 amide bonds. The van der Waals surface area contributed by atoms with Gasteiger partial charge >= 0.3 is 16.1 Å². The Morgan fingerprint density at radius 2 is 1.86 bits per heavy atom. The summed E-state index contributed by atoms with van der Waals surface area (Å²) >= 11 is 5.83. The molecule has 0 saturated heterocycles. The van der Waals surface area contributed by atoms with Gasteiger partial charge in [0.2, 0.25) is 11.8 Å². The third-order valence-corrected chi connectivity index (χ3v) is 5.13. The van der Waals surface area contributed by atoms with Gasteiger partial charge in [0, 0.05) is 11.1 Å². The van der Waals surface area contributed by atoms with Gasteiger partial charge in [-0.05, 0) is 37.3 Å². The molecule has 0 bridgehead atoms. The van der Waals surface area contributed by atoms with Gasteiger partial charge in [-0.2, -0.15) is 13.4 Å². The highest BCUT2D eigenvalue weighted by Crippen LogP contribution is 2.17. The summed E-state index contributed by atoms with van der Waals surface area (Å²) in [5, 5.41) is 8.28. The monoisotopic (exact) mass is 434 g/mol. The Morgan fingerprint density at radius 1 is 1.17 bits per heavy atom. The van der Waals surface area contributed by atoms with E-state index in [2.05, 4.69) is 4.98 Å². The van der Waals surface area contributed by atoms with Crippen molar-refractivity contribution in [3.8, 4) is 5.88 Å². The number of halogens is 1. The second kappa shape index (κ2) is 7.94. The molecule has 0 aliphatic carbocycles. The molecular weight excluding hydrogens is 420 g/mol. The number of aromatic nitrogens is 2. The second-order valence-electron chi connectivity index (χ2n) is 5.87. The standard InChI is InChI=1S/C18H15ClN4O5S/c1-11-5-7-14(8-6-11)29(25,26)28-16-10-15(20)23(18(21)22-16)27-17(24)12-3-2-4-13(19)9-12/h2-10,20H,1H3,(H2,21,22). The van der Waals surface area contributed by atoms with Crippen LogP contribution in [0.5, 0.6) is 5.88 Å². The number of nitrogens with one attached hydrogen (secondary N) is 1. The smallest absolute Gasteiger partial charge is 0.363 e. The van der Waals surface area contributed by atoms with Gasteiger partial charge in [-0.25, -0.2) is 4.79 Å². The molecule has 3 aromatic rings. The zero-order valence-electron chi connectivity index (χ0n) is 15.0. The largest absolute Gasteiger partial charge is 0.367 e. The molecule has 0 saturated carbocycles. The van der Waals surface area contributed by atoms with Crippen LogP contribution >= 0.6 is 11.6 Å². The molecule has 11 heteroatoms. The van der Waals surface area contributed by atoms with E-state index >= 15 is 0 Å². The third kappa shape index (κ3) is 4.73. The van der Waals surface area contributed by atoms with Crippen LogP contribution in [-0.2, 0) is 10.1 Å². The van der Waals surface area contributed by atoms with Crippen LogP contribution < -0.4 is 20.2 Å². The average Bonchev–Trinajstić information content (AvgIpc) is 2.64. The van der Waals surface area contributed by atoms with Gasteiger partial charge in [0.15, 0.2) is 5.49 Å². The number of nitrogens with zero attached hydrogens (tertiary/aromatic N) is 2. The van der Waals surface area contributed by atoms with Crippen molar-refractivity contribution in [2.45, 2.75) is 11.8 Å². The van der Waals surface area contributed by atoms with Crippen LogP contribution in [0.4, 0.5) is 5.95 Å². The topological polar surface area (TPSA) is 137 Å². The highest BCUT2D eigenvalue weighted by molar-refractivity contribution is 7.87. The van der Waals surface area contributed by atoms with E-state index in [0.717, 1.165) is 11.6 Å². The fourth-order valence-electron chi connectivity index (χ4n) is 2.24. The van der Waals surface area contributed by atoms with Crippen molar-refractivity contribution < 1.29 is 22.2 Å². The first-order chi connectivity index (χ1) is 13.7. The van der Waals surface area contributed by atoms with Crippen LogP contribution in [-0.4, -0.2) is 24.1 Å². The van der Waals surface area contributed by atoms with Crippen molar-refractivity contribution in [1.82, 2.24) is 9.71 Å². The Morgan fingerprint density at radius 3 is 2.48 bits per heavy atom. The highest BCUT2D eigenvalue weighted by Gasteiger charge is 2.19. The van der Waals surface area contributed by atoms with Crippen molar-refractivity contribution >= 4 is 33.6 Å². The van der Waals surface area contributed by atoms with Gasteiger partial charge in [0.05, 0.1) is 5.56 Å². The van der Waals surface area contributed by atoms with Crippen LogP contribution in [0.2, 0.25) is 5.02 Å². The van der Waals surface area contributed by atoms with Gasteiger partial charge < -0.3 is 14.8 Å². The second-order valence-corrected chi connectivity index (χ2v) is 7.85. The summed E-state index contributed by atoms with van der Waals surface area (Å²) in [4.78, 5) is 20.9. The molecule has 29 heavy (non-hydrogen) atoms. The minimum atomic E-state index is -4.18. The van der Waals surface area contributed by atoms with Gasteiger partial charge in [0.1, 0.15) is 4.90 Å². The first-order valence-corrected chi connectivity index (χ1v) is 9.88. The van der Waals surface area contributed by atoms with Crippen molar-refractivity contribution in [3.63, 3.8) is 0 Å². The number of rotatable bonds is 5. The highest BCUT2D eigenvalue weighted by atomic mass is 35.5. The Kier molecular flexibility index (Phi) is 5.57. The Labute approximate surface area is 170 Å². The number of carbonyl (C=O) groups is 1. The number of hydrogen-bond acceptors (Lipinski definition) is 8. The van der Waals surface area contributed by atoms with Crippen LogP contribution in [0.15, 0.2) is 59.5 Å². The summed E-state index contributed by atoms with van der Waals surface area (Å²) in [7, 11) is -4.18. The Bertz CT molecular complexity index is 1240. The summed E-state index contributed by atoms with van der Waals surface area (Å²) in [6.45, 7) is 1.81. The Hall–Kier alpha value is -3.37. The predicted octanol–water partition coefficient (Wildman–Crippen LogP) is 1.94. The van der Waals surface area contributed by atoms with Crippen LogP contribution in [0.1, 0.15) is 15.9 Å². The SMILES string of the molecule is Cc1ccc(S(=O)(=O)Oc2cc(=N)n(OC(=O)c3cccc(Cl)c3)c(N)n2)cc1. The first kappa shape index (κ1) is 20.4. The number of benzene rings is 2. The maximum Gasteiger partial charge on any atom is 0.363 e. The van der Waals surface area contributed by atoms with Gasteiger partial charge in [-0.1, -0.05) is 35.4 Å². The minimum Gasteiger partial charge on any atom is -0.367 e. The molecule has 3 rings (SSSR count). The quantitative estimate of drug-likeness (QED) is 0.585. The van der Waals surface area contributed by atoms with E-state index in [4.69, 9.17) is 31.8 Å². The molecule has 3 N–H and O–H groups in total. The van der Waals surface area contributed by atoms with Crippen molar-refractivity contribution in [1.29, 1.82) is 5.41 Å². The van der Waals surface area contributed by atoms with Crippen LogP contribution in [0.25, 0.3) is 0 Å². The molecule has 0 aliphatic rings. The molecule has 2 aromatic carbocycles. The van der Waals surface area contributed by atoms with Crippen molar-refractivity contribution in [2.24, 2.45) is 0 Å². The number of aryl methyl sites for hydroxylation is 1. The summed E-state index contributed by atoms with van der Waals surface area (Å²) in [6.07, 6.45) is 0. The molecular formula is C18H15ClN4O5S. The van der Waals surface area contributed by atoms with Crippen molar-refractivity contribution in [2.75, 3.05) is 5.73 Å². The van der Waals surface area contributed by atoms with Crippen molar-refractivity contribution in [3.05, 3.63) is 76.2 Å². The number of nitrogens with two attached hydrogens (primary N) is 1. The normalized spacial score (nSPS) is 11.1. The fraction of sp³-hybridized carbons (Fsp3) is 0.0556. The summed E-state index contributed by atoms with van der Waals surface area (Å²) in [5.41, 5.74) is 6.26. The lowest BCUT2D eigenvalue weighted by atomic mass is 10.2. The maximum absolute atomic E-state index is 12.3. The van der Waals surface area contributed by atoms with Crippen LogP contribution in [0, 0.1) is 12.3 Å². The first-order valence-electron chi connectivity index (χ1n) is 8.09. The lowest BCUT2D eigenvalue weighted by molar-refractivity contribution is 0.0441. The number of hydrogen-bond donors (Lipinski definition) is 2. The number of anilines is 1. The van der Waals surface area contributed by atoms with E-state index in [-0.39, 0.29) is 10.5 Å². The molecule has 0 spiro atoms. The summed E-state index contributed by atoms with van der Waals surface area (Å²) in [6, 6.07) is 12.9. The predicted molar refractivity (Wildman–Crippen MR) is 104 cm³/mol. The lowest BCUT2D eigenvalue weighted by Crippen LogP contribution is -2.33. The zero-order valence-corrected chi connectivity index (χ0v) is 16.6. The average molecular weight is 435 g/mol. The van der Waals surface area contributed by atoms with E-state index in [0.29, 0.717) is 9.75 Å². The molecule has 0 aliphatic heterocycles. The van der Waals surface area contributed by atoms with E-state index in [9.17, 15) is 13.2 Å². The lowest BCUT2D eigenvalue weighted by Gasteiger charge is -2.12. The summed E-state index contributed by atoms with van der Waals surface area (Å²) in [5.74, 6) is -1.73. The fourth-order valence-corrected chi connectivity index (χ4v) is 3.31. The molecule has 1 heterocycles. The number of nitrogen functional groups attached to an aromatic ring is 1. The third-order valence-electron chi connectivity index (χ3n) is 3.65. The van der Waals surface area contributed by atoms with Gasteiger partial charge in [0.25, 0.3) is 0 Å². The molecule has 0 fully saturated rings. The van der Waals surface area contributed by atoms with Crippen LogP contribution in [0.3, 0.4) is 0 Å². The van der Waals surface area contributed by atoms with E-state index < -0.39 is 33.4 Å². The molecule has 9 nitrogen and oxygen atoms in total. The molecule has 0 radical (unpaired) electrons. The number of carbonyl (C=O) groups excluding carboxylic acids is 1. The maximum atomic E-state index is 12.3. The van der Waals surface area contributed by atoms with Gasteiger partial charge in [-0.3, -0.25) is 5.41 Å². The zero-order chi connectivity index (χ0) is 21.2. The molecule has 0 unspecified atom stereocenters. The van der Waals surface area contributed by atoms with Gasteiger partial charge in [-0.15, -0.1) is 4.73 Å². The molecule has 1 aromatic heterocycles. The van der Waals surface area contributed by atoms with E-state index in [1.807, 2.05) is 6.92 Å².